The van der Waals surface area contributed by atoms with Crippen molar-refractivity contribution in [3.63, 3.8) is 0 Å². The minimum atomic E-state index is -0.477. The number of allylic oxidation sites excluding steroid dienone is 4. The molecule has 1 aliphatic heterocycles. The summed E-state index contributed by atoms with van der Waals surface area (Å²) in [6.07, 6.45) is 6.21. The van der Waals surface area contributed by atoms with E-state index in [1.54, 1.807) is 48.2 Å². The first-order chi connectivity index (χ1) is 16.8. The van der Waals surface area contributed by atoms with Gasteiger partial charge in [-0.1, -0.05) is 36.9 Å². The minimum Gasteiger partial charge on any atom is -0.399 e. The van der Waals surface area contributed by atoms with Gasteiger partial charge in [-0.3, -0.25) is 9.59 Å². The molecule has 5 nitrogen and oxygen atoms in total. The van der Waals surface area contributed by atoms with Crippen LogP contribution < -0.4 is 11.1 Å². The lowest BCUT2D eigenvalue weighted by Crippen LogP contribution is -2.31. The molecule has 3 N–H and O–H groups in total. The smallest absolute Gasteiger partial charge is 0.265 e. The molecule has 3 aromatic rings. The Kier molecular flexibility index (Phi) is 6.98. The molecule has 0 saturated heterocycles. The molecule has 0 bridgehead atoms. The highest BCUT2D eigenvalue weighted by Crippen LogP contribution is 2.38. The number of nitrogens with zero attached hydrogens (tertiary/aromatic N) is 1. The molecule has 0 atom stereocenters. The summed E-state index contributed by atoms with van der Waals surface area (Å²) in [5.74, 6) is -1.01. The highest BCUT2D eigenvalue weighted by Gasteiger charge is 2.29. The van der Waals surface area contributed by atoms with E-state index in [0.29, 0.717) is 40.4 Å². The molecule has 7 heteroatoms. The first-order valence-electron chi connectivity index (χ1n) is 11.2. The van der Waals surface area contributed by atoms with E-state index < -0.39 is 5.82 Å². The van der Waals surface area contributed by atoms with Crippen LogP contribution in [0.25, 0.3) is 5.57 Å². The molecule has 0 spiro atoms. The molecule has 1 aliphatic rings. The van der Waals surface area contributed by atoms with Crippen LogP contribution in [0.3, 0.4) is 0 Å². The van der Waals surface area contributed by atoms with Gasteiger partial charge in [-0.05, 0) is 67.8 Å². The molecule has 178 valence electrons. The normalized spacial score (nSPS) is 14.8. The predicted molar refractivity (Wildman–Crippen MR) is 141 cm³/mol. The van der Waals surface area contributed by atoms with Gasteiger partial charge in [0.1, 0.15) is 5.82 Å². The monoisotopic (exact) mass is 487 g/mol. The number of nitrogens with one attached hydrogen (secondary N) is 1. The van der Waals surface area contributed by atoms with Crippen molar-refractivity contribution >= 4 is 40.1 Å². The number of amides is 2. The van der Waals surface area contributed by atoms with Gasteiger partial charge in [0.15, 0.2) is 0 Å². The number of carbonyl (C=O) groups excluding carboxylic acids is 2. The van der Waals surface area contributed by atoms with Crippen LogP contribution in [0.2, 0.25) is 0 Å². The molecule has 0 radical (unpaired) electrons. The van der Waals surface area contributed by atoms with Crippen molar-refractivity contribution in [1.82, 2.24) is 4.90 Å². The van der Waals surface area contributed by atoms with Gasteiger partial charge < -0.3 is 16.0 Å². The highest BCUT2D eigenvalue weighted by atomic mass is 32.1. The second-order valence-electron chi connectivity index (χ2n) is 8.23. The summed E-state index contributed by atoms with van der Waals surface area (Å²) >= 11 is 1.31. The lowest BCUT2D eigenvalue weighted by atomic mass is 10.1. The zero-order chi connectivity index (χ0) is 25.1. The lowest BCUT2D eigenvalue weighted by molar-refractivity contribution is 0.0815. The van der Waals surface area contributed by atoms with E-state index in [1.165, 1.54) is 17.4 Å². The molecule has 4 rings (SSSR count). The second kappa shape index (κ2) is 10.1. The first kappa shape index (κ1) is 24.2. The van der Waals surface area contributed by atoms with E-state index in [1.807, 2.05) is 31.2 Å². The third-order valence-corrected chi connectivity index (χ3v) is 7.05. The number of halogens is 1. The summed E-state index contributed by atoms with van der Waals surface area (Å²) in [6, 6.07) is 13.3. The van der Waals surface area contributed by atoms with Crippen LogP contribution >= 0.6 is 11.3 Å². The maximum atomic E-state index is 14.3. The summed E-state index contributed by atoms with van der Waals surface area (Å²) in [7, 11) is 0. The zero-order valence-electron chi connectivity index (χ0n) is 19.6. The molecule has 0 unspecified atom stereocenters. The molecule has 0 fully saturated rings. The van der Waals surface area contributed by atoms with Crippen molar-refractivity contribution in [3.8, 4) is 0 Å². The van der Waals surface area contributed by atoms with E-state index in [0.717, 1.165) is 16.0 Å². The molecule has 0 saturated carbocycles. The molecular weight excluding hydrogens is 461 g/mol. The van der Waals surface area contributed by atoms with Crippen molar-refractivity contribution in [2.75, 3.05) is 17.6 Å². The van der Waals surface area contributed by atoms with Gasteiger partial charge in [-0.2, -0.15) is 0 Å². The van der Waals surface area contributed by atoms with Crippen LogP contribution in [-0.4, -0.2) is 23.3 Å². The van der Waals surface area contributed by atoms with Crippen LogP contribution in [0.5, 0.6) is 0 Å². The fourth-order valence-corrected chi connectivity index (χ4v) is 5.09. The number of fused-ring (bicyclic) bond motifs is 1. The zero-order valence-corrected chi connectivity index (χ0v) is 20.4. The number of nitrogen functional groups attached to an aromatic ring is 1. The van der Waals surface area contributed by atoms with Crippen molar-refractivity contribution in [2.45, 2.75) is 20.3 Å². The number of rotatable bonds is 4. The van der Waals surface area contributed by atoms with Gasteiger partial charge in [0.05, 0.1) is 10.6 Å². The Morgan fingerprint density at radius 2 is 1.94 bits per heavy atom. The molecule has 2 aromatic carbocycles. The Labute approximate surface area is 208 Å². The fraction of sp³-hybridized carbons (Fsp3) is 0.143. The molecule has 2 heterocycles. The van der Waals surface area contributed by atoms with Crippen LogP contribution in [0.15, 0.2) is 79.0 Å². The summed E-state index contributed by atoms with van der Waals surface area (Å²) in [6.45, 7) is 8.29. The molecular formula is C28H26FN3O2S. The number of nitrogens with two attached hydrogens (primary N) is 1. The summed E-state index contributed by atoms with van der Waals surface area (Å²) in [5.41, 5.74) is 9.97. The van der Waals surface area contributed by atoms with Gasteiger partial charge in [-0.15, -0.1) is 11.3 Å². The predicted octanol–water partition coefficient (Wildman–Crippen LogP) is 6.20. The lowest BCUT2D eigenvalue weighted by Gasteiger charge is -2.24. The van der Waals surface area contributed by atoms with Crippen LogP contribution in [-0.2, 0) is 6.42 Å². The van der Waals surface area contributed by atoms with Gasteiger partial charge >= 0.3 is 0 Å². The SMILES string of the molecule is C=C1/C(=C\C=C/C)c2sc(C(=O)Nc3c(C)cccc3F)cc2CCN1C(=O)c1ccc(N)cc1. The Balaban J connectivity index is 1.66. The van der Waals surface area contributed by atoms with E-state index in [2.05, 4.69) is 11.9 Å². The van der Waals surface area contributed by atoms with Gasteiger partial charge in [0, 0.05) is 33.9 Å². The Morgan fingerprint density at radius 3 is 2.63 bits per heavy atom. The maximum Gasteiger partial charge on any atom is 0.265 e. The second-order valence-corrected chi connectivity index (χ2v) is 9.28. The number of anilines is 2. The third-order valence-electron chi connectivity index (χ3n) is 5.84. The molecule has 2 amide bonds. The van der Waals surface area contributed by atoms with E-state index >= 15 is 0 Å². The Morgan fingerprint density at radius 1 is 1.20 bits per heavy atom. The summed E-state index contributed by atoms with van der Waals surface area (Å²) < 4.78 is 14.3. The largest absolute Gasteiger partial charge is 0.399 e. The number of para-hydroxylation sites is 1. The minimum absolute atomic E-state index is 0.162. The number of aryl methyl sites for hydroxylation is 1. The van der Waals surface area contributed by atoms with Crippen LogP contribution in [0.1, 0.15) is 43.0 Å². The number of carbonyl (C=O) groups is 2. The van der Waals surface area contributed by atoms with Gasteiger partial charge in [0.25, 0.3) is 11.8 Å². The Bertz CT molecular complexity index is 1350. The van der Waals surface area contributed by atoms with Crippen LogP contribution in [0.4, 0.5) is 15.8 Å². The van der Waals surface area contributed by atoms with E-state index in [-0.39, 0.29) is 17.5 Å². The van der Waals surface area contributed by atoms with Crippen LogP contribution in [0, 0.1) is 12.7 Å². The van der Waals surface area contributed by atoms with Crippen molar-refractivity contribution in [1.29, 1.82) is 0 Å². The summed E-state index contributed by atoms with van der Waals surface area (Å²) in [4.78, 5) is 29.3. The maximum absolute atomic E-state index is 14.3. The quantitative estimate of drug-likeness (QED) is 0.430. The van der Waals surface area contributed by atoms with Crippen molar-refractivity contribution < 1.29 is 14.0 Å². The topological polar surface area (TPSA) is 75.4 Å². The standard InChI is InChI=1S/C28H26FN3O2S/c1-4-5-8-22-18(3)32(28(34)19-10-12-21(30)13-11-19)15-14-20-16-24(35-26(20)22)27(33)31-25-17(2)7-6-9-23(25)29/h4-13,16H,3,14-15,30H2,1-2H3,(H,31,33)/b5-4-,22-8+. The first-order valence-corrected chi connectivity index (χ1v) is 12.0. The van der Waals surface area contributed by atoms with Crippen molar-refractivity contribution in [3.05, 3.63) is 111 Å². The number of benzene rings is 2. The fourth-order valence-electron chi connectivity index (χ4n) is 3.93. The number of hydrogen-bond acceptors (Lipinski definition) is 4. The Hall–Kier alpha value is -3.97. The third kappa shape index (κ3) is 4.95. The van der Waals surface area contributed by atoms with E-state index in [4.69, 9.17) is 5.73 Å². The average molecular weight is 488 g/mol. The van der Waals surface area contributed by atoms with E-state index in [9.17, 15) is 14.0 Å². The number of hydrogen-bond donors (Lipinski definition) is 2. The van der Waals surface area contributed by atoms with Gasteiger partial charge in [-0.25, -0.2) is 4.39 Å². The summed E-state index contributed by atoms with van der Waals surface area (Å²) in [5, 5.41) is 2.71. The number of thiophene rings is 1. The highest BCUT2D eigenvalue weighted by molar-refractivity contribution is 7.15. The molecule has 35 heavy (non-hydrogen) atoms. The molecule has 0 aliphatic carbocycles. The molecule has 1 aromatic heterocycles. The average Bonchev–Trinajstić information content (AvgIpc) is 3.21. The van der Waals surface area contributed by atoms with Gasteiger partial charge in [0.2, 0.25) is 0 Å². The van der Waals surface area contributed by atoms with Crippen molar-refractivity contribution in [2.24, 2.45) is 0 Å².